The summed E-state index contributed by atoms with van der Waals surface area (Å²) in [6.07, 6.45) is 5.13. The number of rotatable bonds is 6. The van der Waals surface area contributed by atoms with Crippen LogP contribution >= 0.6 is 0 Å². The minimum absolute atomic E-state index is 0.0274. The van der Waals surface area contributed by atoms with E-state index < -0.39 is 5.97 Å². The lowest BCUT2D eigenvalue weighted by molar-refractivity contribution is 0.0696. The maximum atomic E-state index is 12.0. The molecule has 1 aliphatic carbocycles. The van der Waals surface area contributed by atoms with Gasteiger partial charge in [-0.3, -0.25) is 4.90 Å². The molecule has 1 heterocycles. The van der Waals surface area contributed by atoms with Gasteiger partial charge in [0.15, 0.2) is 11.5 Å². The van der Waals surface area contributed by atoms with Crippen molar-refractivity contribution in [3.8, 4) is 11.5 Å². The van der Waals surface area contributed by atoms with Crippen LogP contribution in [0.1, 0.15) is 40.7 Å². The Morgan fingerprint density at radius 3 is 2.50 bits per heavy atom. The molecule has 2 aromatic rings. The van der Waals surface area contributed by atoms with Gasteiger partial charge in [-0.2, -0.15) is 0 Å². The van der Waals surface area contributed by atoms with Gasteiger partial charge in [0, 0.05) is 31.2 Å². The Morgan fingerprint density at radius 1 is 1.09 bits per heavy atom. The lowest BCUT2D eigenvalue weighted by Crippen LogP contribution is -2.42. The number of fused-ring (bicyclic) bond motifs is 1. The number of carboxylic acids is 1. The highest BCUT2D eigenvalue weighted by Crippen LogP contribution is 2.50. The van der Waals surface area contributed by atoms with Gasteiger partial charge in [0.1, 0.15) is 0 Å². The second-order valence-corrected chi connectivity index (χ2v) is 9.02. The number of carbonyl (C=O) groups is 1. The van der Waals surface area contributed by atoms with Crippen molar-refractivity contribution in [3.05, 3.63) is 59.2 Å². The SMILES string of the molecule is COc1ccc([C@@]23CCC(c4cc(N(C)C)ccc4C(=O)O)=C[C@@H]2N(C)CC3)cc1OC. The number of hydrogen-bond donors (Lipinski definition) is 1. The number of likely N-dealkylation sites (N-methyl/N-ethyl adjacent to an activating group) is 1. The van der Waals surface area contributed by atoms with Crippen LogP contribution in [-0.2, 0) is 5.41 Å². The first kappa shape index (κ1) is 22.2. The van der Waals surface area contributed by atoms with Gasteiger partial charge < -0.3 is 19.5 Å². The zero-order chi connectivity index (χ0) is 23.0. The summed E-state index contributed by atoms with van der Waals surface area (Å²) < 4.78 is 11.0. The molecule has 6 heteroatoms. The predicted molar refractivity (Wildman–Crippen MR) is 127 cm³/mol. The molecule has 0 aromatic heterocycles. The molecule has 170 valence electrons. The van der Waals surface area contributed by atoms with Gasteiger partial charge in [-0.1, -0.05) is 12.1 Å². The first-order valence-electron chi connectivity index (χ1n) is 11.0. The number of aromatic carboxylic acids is 1. The second-order valence-electron chi connectivity index (χ2n) is 9.02. The van der Waals surface area contributed by atoms with Gasteiger partial charge in [0.25, 0.3) is 0 Å². The van der Waals surface area contributed by atoms with Gasteiger partial charge >= 0.3 is 5.97 Å². The van der Waals surface area contributed by atoms with E-state index in [1.165, 1.54) is 5.56 Å². The topological polar surface area (TPSA) is 62.2 Å². The maximum absolute atomic E-state index is 12.0. The third-order valence-corrected chi connectivity index (χ3v) is 7.21. The maximum Gasteiger partial charge on any atom is 0.336 e. The minimum atomic E-state index is -0.886. The van der Waals surface area contributed by atoms with Crippen molar-refractivity contribution in [1.29, 1.82) is 0 Å². The monoisotopic (exact) mass is 436 g/mol. The van der Waals surface area contributed by atoms with Crippen LogP contribution in [-0.4, -0.2) is 63.9 Å². The van der Waals surface area contributed by atoms with E-state index in [2.05, 4.69) is 30.2 Å². The zero-order valence-electron chi connectivity index (χ0n) is 19.5. The van der Waals surface area contributed by atoms with Crippen molar-refractivity contribution < 1.29 is 19.4 Å². The Kier molecular flexibility index (Phi) is 5.91. The summed E-state index contributed by atoms with van der Waals surface area (Å²) in [5, 5.41) is 9.82. The molecule has 1 saturated heterocycles. The Bertz CT molecular complexity index is 1060. The average Bonchev–Trinajstić information content (AvgIpc) is 3.14. The fourth-order valence-corrected chi connectivity index (χ4v) is 5.37. The van der Waals surface area contributed by atoms with E-state index in [1.54, 1.807) is 20.3 Å². The zero-order valence-corrected chi connectivity index (χ0v) is 19.5. The summed E-state index contributed by atoms with van der Waals surface area (Å²) in [7, 11) is 9.42. The van der Waals surface area contributed by atoms with Crippen molar-refractivity contribution in [2.24, 2.45) is 0 Å². The standard InChI is InChI=1S/C26H32N2O4/c1-27(2)19-7-8-20(25(29)30)21(16-19)17-10-11-26(12-13-28(3)24(26)14-17)18-6-9-22(31-4)23(15-18)32-5/h6-9,14-16,24H,10-13H2,1-5H3,(H,29,30)/t24-,26-/m0/s1. The normalized spacial score (nSPS) is 22.8. The minimum Gasteiger partial charge on any atom is -0.493 e. The summed E-state index contributed by atoms with van der Waals surface area (Å²) in [5.74, 6) is 0.589. The number of nitrogens with zero attached hydrogens (tertiary/aromatic N) is 2. The van der Waals surface area contributed by atoms with Gasteiger partial charge in [-0.25, -0.2) is 4.79 Å². The van der Waals surface area contributed by atoms with E-state index >= 15 is 0 Å². The molecule has 2 aromatic carbocycles. The number of likely N-dealkylation sites (tertiary alicyclic amines) is 1. The highest BCUT2D eigenvalue weighted by atomic mass is 16.5. The first-order chi connectivity index (χ1) is 15.3. The van der Waals surface area contributed by atoms with E-state index in [4.69, 9.17) is 9.47 Å². The van der Waals surface area contributed by atoms with Gasteiger partial charge in [-0.05, 0) is 79.9 Å². The molecule has 0 bridgehead atoms. The average molecular weight is 437 g/mol. The van der Waals surface area contributed by atoms with Crippen molar-refractivity contribution in [2.45, 2.75) is 30.7 Å². The number of allylic oxidation sites excluding steroid dienone is 1. The van der Waals surface area contributed by atoms with E-state index in [9.17, 15) is 9.90 Å². The van der Waals surface area contributed by atoms with Crippen LogP contribution in [0.3, 0.4) is 0 Å². The molecule has 1 aliphatic heterocycles. The van der Waals surface area contributed by atoms with E-state index in [1.807, 2.05) is 37.2 Å². The van der Waals surface area contributed by atoms with E-state index in [-0.39, 0.29) is 11.5 Å². The molecular formula is C26H32N2O4. The van der Waals surface area contributed by atoms with E-state index in [0.717, 1.165) is 54.1 Å². The second kappa shape index (κ2) is 8.51. The largest absolute Gasteiger partial charge is 0.493 e. The van der Waals surface area contributed by atoms with Crippen LogP contribution < -0.4 is 14.4 Å². The Balaban J connectivity index is 1.80. The fourth-order valence-electron chi connectivity index (χ4n) is 5.37. The molecule has 0 amide bonds. The lowest BCUT2D eigenvalue weighted by Gasteiger charge is -2.41. The van der Waals surface area contributed by atoms with Crippen LogP contribution in [0.4, 0.5) is 5.69 Å². The molecular weight excluding hydrogens is 404 g/mol. The van der Waals surface area contributed by atoms with Gasteiger partial charge in [0.05, 0.1) is 19.8 Å². The van der Waals surface area contributed by atoms with Crippen LogP contribution in [0, 0.1) is 0 Å². The van der Waals surface area contributed by atoms with Gasteiger partial charge in [0.2, 0.25) is 0 Å². The van der Waals surface area contributed by atoms with Crippen LogP contribution in [0.15, 0.2) is 42.5 Å². The van der Waals surface area contributed by atoms with Crippen molar-refractivity contribution in [3.63, 3.8) is 0 Å². The molecule has 0 spiro atoms. The smallest absolute Gasteiger partial charge is 0.336 e. The third-order valence-electron chi connectivity index (χ3n) is 7.21. The predicted octanol–water partition coefficient (Wildman–Crippen LogP) is 4.29. The number of benzene rings is 2. The summed E-state index contributed by atoms with van der Waals surface area (Å²) >= 11 is 0. The fraction of sp³-hybridized carbons (Fsp3) is 0.423. The number of ether oxygens (including phenoxy) is 2. The molecule has 1 fully saturated rings. The van der Waals surface area contributed by atoms with Crippen molar-refractivity contribution in [1.82, 2.24) is 4.90 Å². The summed E-state index contributed by atoms with van der Waals surface area (Å²) in [5.41, 5.74) is 4.52. The molecule has 0 unspecified atom stereocenters. The number of methoxy groups -OCH3 is 2. The summed E-state index contributed by atoms with van der Waals surface area (Å²) in [4.78, 5) is 16.4. The Labute approximate surface area is 190 Å². The van der Waals surface area contributed by atoms with Crippen molar-refractivity contribution in [2.75, 3.05) is 46.8 Å². The van der Waals surface area contributed by atoms with Gasteiger partial charge in [-0.15, -0.1) is 0 Å². The third kappa shape index (κ3) is 3.62. The van der Waals surface area contributed by atoms with Crippen molar-refractivity contribution >= 4 is 17.2 Å². The molecule has 0 saturated carbocycles. The Morgan fingerprint density at radius 2 is 1.84 bits per heavy atom. The summed E-state index contributed by atoms with van der Waals surface area (Å²) in [6, 6.07) is 12.0. The molecule has 0 radical (unpaired) electrons. The first-order valence-corrected chi connectivity index (χ1v) is 11.0. The molecule has 32 heavy (non-hydrogen) atoms. The quantitative estimate of drug-likeness (QED) is 0.729. The molecule has 6 nitrogen and oxygen atoms in total. The Hall–Kier alpha value is -2.99. The molecule has 2 atom stereocenters. The summed E-state index contributed by atoms with van der Waals surface area (Å²) in [6.45, 7) is 0.992. The van der Waals surface area contributed by atoms with Crippen LogP contribution in [0.25, 0.3) is 5.57 Å². The van der Waals surface area contributed by atoms with E-state index in [0.29, 0.717) is 5.56 Å². The molecule has 1 N–H and O–H groups in total. The van der Waals surface area contributed by atoms with Crippen LogP contribution in [0.5, 0.6) is 11.5 Å². The number of carboxylic acid groups (broad SMARTS) is 1. The highest BCUT2D eigenvalue weighted by molar-refractivity contribution is 5.95. The molecule has 4 rings (SSSR count). The van der Waals surface area contributed by atoms with Crippen LogP contribution in [0.2, 0.25) is 0 Å². The highest BCUT2D eigenvalue weighted by Gasteiger charge is 2.48. The number of anilines is 1. The molecule has 2 aliphatic rings. The lowest BCUT2D eigenvalue weighted by atomic mass is 9.66. The number of hydrogen-bond acceptors (Lipinski definition) is 5.